The van der Waals surface area contributed by atoms with Gasteiger partial charge in [-0.1, -0.05) is 69.2 Å². The molecule has 8 atom stereocenters. The first-order valence-electron chi connectivity index (χ1n) is 23.6. The molecule has 67 heavy (non-hydrogen) atoms. The van der Waals surface area contributed by atoms with Gasteiger partial charge in [0.1, 0.15) is 42.3 Å². The molecule has 0 spiro atoms. The van der Waals surface area contributed by atoms with Crippen molar-refractivity contribution in [3.8, 4) is 0 Å². The molecule has 1 aliphatic heterocycles. The lowest BCUT2D eigenvalue weighted by atomic mass is 9.98. The minimum absolute atomic E-state index is 0.0229. The van der Waals surface area contributed by atoms with E-state index in [1.54, 1.807) is 13.8 Å². The average molecular weight is 951 g/mol. The predicted octanol–water partition coefficient (Wildman–Crippen LogP) is -0.672. The van der Waals surface area contributed by atoms with Gasteiger partial charge in [0.2, 0.25) is 47.3 Å². The van der Waals surface area contributed by atoms with Crippen LogP contribution < -0.4 is 54.4 Å². The van der Waals surface area contributed by atoms with Crippen molar-refractivity contribution in [3.05, 3.63) is 0 Å². The Kier molecular flexibility index (Phi) is 26.0. The number of carbonyl (C=O) groups is 9. The van der Waals surface area contributed by atoms with Gasteiger partial charge in [0.25, 0.3) is 0 Å². The lowest BCUT2D eigenvalue weighted by Crippen LogP contribution is -2.60. The van der Waals surface area contributed by atoms with Gasteiger partial charge in [-0.2, -0.15) is 0 Å². The van der Waals surface area contributed by atoms with Crippen LogP contribution in [0.5, 0.6) is 0 Å². The van der Waals surface area contributed by atoms with Crippen LogP contribution in [0.4, 0.5) is 0 Å². The first-order chi connectivity index (χ1) is 31.1. The summed E-state index contributed by atoms with van der Waals surface area (Å²) in [6, 6.07) is -8.65. The fraction of sp³-hybridized carbons (Fsp3) is 0.778. The lowest BCUT2D eigenvalue weighted by Gasteiger charge is -2.30. The van der Waals surface area contributed by atoms with Crippen molar-refractivity contribution in [3.63, 3.8) is 0 Å². The standard InChI is InChI=1S/C45H82N12O10/c1-23(2)18-29(46)37(59)53-31(19-24(3)4)38(60)50-22-35(58)57-17-13-15-34(57)42(64)52-30(14-12-16-49-45(47)48)39(61)54-33(21-26(7)8)41(63)56-36(27(9)10)43(65)55-32(20-25(5)6)40(62)51-28(11)44(66)67/h23-34,36H,12-22,46H2,1-11H3,(H,50,60)(H,51,62)(H,52,64)(H,53,59)(H,54,61)(H,55,65)(H,56,63)(H,66,67)(H4,47,48,49)/t28-,29-,30-,31-,32-,33-,34-,36-/m0/s1. The first-order valence-corrected chi connectivity index (χ1v) is 23.6. The summed E-state index contributed by atoms with van der Waals surface area (Å²) >= 11 is 0. The third-order valence-electron chi connectivity index (χ3n) is 10.9. The zero-order valence-electron chi connectivity index (χ0n) is 41.5. The summed E-state index contributed by atoms with van der Waals surface area (Å²) in [7, 11) is 0. The zero-order chi connectivity index (χ0) is 51.3. The summed E-state index contributed by atoms with van der Waals surface area (Å²) in [5, 5.41) is 27.9. The van der Waals surface area contributed by atoms with E-state index in [2.05, 4.69) is 42.2 Å². The summed E-state index contributed by atoms with van der Waals surface area (Å²) < 4.78 is 0. The van der Waals surface area contributed by atoms with Crippen molar-refractivity contribution in [1.29, 1.82) is 0 Å². The van der Waals surface area contributed by atoms with Crippen LogP contribution in [0.3, 0.4) is 0 Å². The molecule has 0 saturated carbocycles. The van der Waals surface area contributed by atoms with E-state index in [0.29, 0.717) is 19.3 Å². The van der Waals surface area contributed by atoms with Gasteiger partial charge < -0.3 is 64.4 Å². The van der Waals surface area contributed by atoms with Crippen LogP contribution in [0.25, 0.3) is 0 Å². The number of hydrogen-bond acceptors (Lipinski definition) is 11. The molecule has 8 amide bonds. The summed E-state index contributed by atoms with van der Waals surface area (Å²) in [6.45, 7) is 19.5. The minimum atomic E-state index is -1.25. The summed E-state index contributed by atoms with van der Waals surface area (Å²) in [5.41, 5.74) is 17.1. The minimum Gasteiger partial charge on any atom is -0.480 e. The van der Waals surface area contributed by atoms with E-state index < -0.39 is 114 Å². The highest BCUT2D eigenvalue weighted by atomic mass is 16.4. The quantitative estimate of drug-likeness (QED) is 0.0252. The van der Waals surface area contributed by atoms with E-state index in [4.69, 9.17) is 17.2 Å². The molecule has 22 nitrogen and oxygen atoms in total. The van der Waals surface area contributed by atoms with Gasteiger partial charge in [-0.3, -0.25) is 48.1 Å². The summed E-state index contributed by atoms with van der Waals surface area (Å²) in [5.74, 6) is -6.98. The monoisotopic (exact) mass is 951 g/mol. The fourth-order valence-electron chi connectivity index (χ4n) is 7.47. The smallest absolute Gasteiger partial charge is 0.325 e. The van der Waals surface area contributed by atoms with Gasteiger partial charge in [-0.15, -0.1) is 0 Å². The Hall–Kier alpha value is -5.54. The number of rotatable bonds is 29. The second kappa shape index (κ2) is 29.3. The number of aliphatic carboxylic acids is 1. The number of likely N-dealkylation sites (tertiary alicyclic amines) is 1. The summed E-state index contributed by atoms with van der Waals surface area (Å²) in [4.78, 5) is 125. The van der Waals surface area contributed by atoms with Crippen LogP contribution in [0.1, 0.15) is 128 Å². The number of guanidine groups is 1. The highest BCUT2D eigenvalue weighted by molar-refractivity contribution is 5.97. The third-order valence-corrected chi connectivity index (χ3v) is 10.9. The molecule has 1 heterocycles. The normalized spacial score (nSPS) is 16.9. The zero-order valence-corrected chi connectivity index (χ0v) is 41.5. The van der Waals surface area contributed by atoms with Crippen molar-refractivity contribution < 1.29 is 48.3 Å². The van der Waals surface area contributed by atoms with Gasteiger partial charge in [0.15, 0.2) is 5.96 Å². The molecule has 0 unspecified atom stereocenters. The maximum absolute atomic E-state index is 14.1. The van der Waals surface area contributed by atoms with E-state index in [1.807, 2.05) is 55.4 Å². The molecule has 14 N–H and O–H groups in total. The van der Waals surface area contributed by atoms with Gasteiger partial charge >= 0.3 is 5.97 Å². The summed E-state index contributed by atoms with van der Waals surface area (Å²) in [6.07, 6.45) is 2.03. The number of nitrogens with zero attached hydrogens (tertiary/aromatic N) is 2. The topological polar surface area (TPSA) is 352 Å². The SMILES string of the molecule is CC(C)C[C@H](NC(=O)[C@H](CCCN=C(N)N)NC(=O)[C@@H]1CCCN1C(=O)CNC(=O)[C@H](CC(C)C)NC(=O)[C@@H](N)CC(C)C)C(=O)N[C@H](C(=O)N[C@@H](CC(C)C)C(=O)N[C@@H](C)C(=O)O)C(C)C. The Morgan fingerprint density at radius 3 is 1.58 bits per heavy atom. The van der Waals surface area contributed by atoms with Crippen molar-refractivity contribution in [2.75, 3.05) is 19.6 Å². The van der Waals surface area contributed by atoms with Gasteiger partial charge in [0, 0.05) is 13.1 Å². The molecule has 0 aliphatic carbocycles. The second-order valence-corrected chi connectivity index (χ2v) is 19.6. The molecule has 22 heteroatoms. The molecule has 1 fully saturated rings. The van der Waals surface area contributed by atoms with Gasteiger partial charge in [0.05, 0.1) is 12.6 Å². The lowest BCUT2D eigenvalue weighted by molar-refractivity contribution is -0.142. The van der Waals surface area contributed by atoms with Crippen LogP contribution in [-0.4, -0.2) is 137 Å². The highest BCUT2D eigenvalue weighted by Crippen LogP contribution is 2.19. The molecule has 382 valence electrons. The Bertz CT molecular complexity index is 1720. The Morgan fingerprint density at radius 2 is 1.09 bits per heavy atom. The Morgan fingerprint density at radius 1 is 0.612 bits per heavy atom. The van der Waals surface area contributed by atoms with E-state index >= 15 is 0 Å². The number of amides is 8. The first kappa shape index (κ1) is 59.5. The van der Waals surface area contributed by atoms with Gasteiger partial charge in [-0.05, 0) is 87.9 Å². The number of carbonyl (C=O) groups excluding carboxylic acids is 8. The molecule has 1 saturated heterocycles. The van der Waals surface area contributed by atoms with Crippen molar-refractivity contribution >= 4 is 59.2 Å². The van der Waals surface area contributed by atoms with Crippen LogP contribution in [0.2, 0.25) is 0 Å². The maximum atomic E-state index is 14.1. The Labute approximate surface area is 396 Å². The predicted molar refractivity (Wildman–Crippen MR) is 253 cm³/mol. The van der Waals surface area contributed by atoms with E-state index in [1.165, 1.54) is 11.8 Å². The van der Waals surface area contributed by atoms with Gasteiger partial charge in [-0.25, -0.2) is 0 Å². The molecule has 1 aliphatic rings. The molecule has 0 aromatic rings. The fourth-order valence-corrected chi connectivity index (χ4v) is 7.47. The highest BCUT2D eigenvalue weighted by Gasteiger charge is 2.38. The van der Waals surface area contributed by atoms with E-state index in [0.717, 1.165) is 0 Å². The number of nitrogens with one attached hydrogen (secondary N) is 7. The average Bonchev–Trinajstić information content (AvgIpc) is 3.71. The second-order valence-electron chi connectivity index (χ2n) is 19.6. The molecule has 0 aromatic heterocycles. The van der Waals surface area contributed by atoms with E-state index in [-0.39, 0.29) is 74.8 Å². The maximum Gasteiger partial charge on any atom is 0.325 e. The van der Waals surface area contributed by atoms with Crippen LogP contribution in [0, 0.1) is 29.6 Å². The third kappa shape index (κ3) is 22.2. The number of nitrogens with two attached hydrogens (primary N) is 3. The van der Waals surface area contributed by atoms with Crippen LogP contribution >= 0.6 is 0 Å². The Balaban J connectivity index is 3.28. The molecule has 0 aromatic carbocycles. The largest absolute Gasteiger partial charge is 0.480 e. The number of aliphatic imine (C=N–C) groups is 1. The molecular weight excluding hydrogens is 869 g/mol. The van der Waals surface area contributed by atoms with E-state index in [9.17, 15) is 48.3 Å². The van der Waals surface area contributed by atoms with Crippen molar-refractivity contribution in [2.45, 2.75) is 176 Å². The van der Waals surface area contributed by atoms with Crippen molar-refractivity contribution in [1.82, 2.24) is 42.1 Å². The number of carboxylic acid groups (broad SMARTS) is 1. The number of carboxylic acids is 1. The van der Waals surface area contributed by atoms with Crippen LogP contribution in [-0.2, 0) is 43.2 Å². The molecule has 0 bridgehead atoms. The molecular formula is C45H82N12O10. The molecule has 1 rings (SSSR count). The molecule has 0 radical (unpaired) electrons. The van der Waals surface area contributed by atoms with Crippen LogP contribution in [0.15, 0.2) is 4.99 Å². The number of hydrogen-bond donors (Lipinski definition) is 11. The van der Waals surface area contributed by atoms with Crippen molar-refractivity contribution in [2.24, 2.45) is 51.8 Å².